The summed E-state index contributed by atoms with van der Waals surface area (Å²) in [7, 11) is 0. The van der Waals surface area contributed by atoms with E-state index in [1.807, 2.05) is 18.2 Å². The van der Waals surface area contributed by atoms with Gasteiger partial charge in [0, 0.05) is 24.1 Å². The lowest BCUT2D eigenvalue weighted by molar-refractivity contribution is 0.102. The predicted molar refractivity (Wildman–Crippen MR) is 95.5 cm³/mol. The Bertz CT molecular complexity index is 928. The number of carbonyl (C=O) groups is 1. The summed E-state index contributed by atoms with van der Waals surface area (Å²) in [4.78, 5) is 16.7. The van der Waals surface area contributed by atoms with Crippen LogP contribution in [0, 0.1) is 0 Å². The number of ether oxygens (including phenoxy) is 3. The molecule has 1 N–H and O–H groups in total. The van der Waals surface area contributed by atoms with Gasteiger partial charge in [-0.3, -0.25) is 9.78 Å². The molecule has 4 rings (SSSR count). The van der Waals surface area contributed by atoms with Crippen LogP contribution in [-0.4, -0.2) is 17.7 Å². The van der Waals surface area contributed by atoms with Gasteiger partial charge < -0.3 is 19.5 Å². The normalized spacial score (nSPS) is 11.8. The second kappa shape index (κ2) is 7.14. The molecule has 26 heavy (non-hydrogen) atoms. The third-order valence-corrected chi connectivity index (χ3v) is 3.91. The lowest BCUT2D eigenvalue weighted by Gasteiger charge is -2.12. The van der Waals surface area contributed by atoms with Crippen LogP contribution in [0.5, 0.6) is 17.2 Å². The topological polar surface area (TPSA) is 69.7 Å². The number of anilines is 1. The number of fused-ring (bicyclic) bond motifs is 1. The molecule has 0 fully saturated rings. The molecule has 1 amide bonds. The van der Waals surface area contributed by atoms with Crippen molar-refractivity contribution < 1.29 is 19.0 Å². The summed E-state index contributed by atoms with van der Waals surface area (Å²) in [5.41, 5.74) is 2.06. The first-order valence-electron chi connectivity index (χ1n) is 8.11. The highest BCUT2D eigenvalue weighted by atomic mass is 16.7. The van der Waals surface area contributed by atoms with Gasteiger partial charge in [0.25, 0.3) is 5.91 Å². The van der Waals surface area contributed by atoms with Gasteiger partial charge in [-0.1, -0.05) is 12.1 Å². The molecule has 2 aromatic carbocycles. The first-order valence-corrected chi connectivity index (χ1v) is 8.11. The minimum atomic E-state index is -0.255. The maximum Gasteiger partial charge on any atom is 0.259 e. The van der Waals surface area contributed by atoms with E-state index in [0.29, 0.717) is 35.1 Å². The number of hydrogen-bond acceptors (Lipinski definition) is 5. The van der Waals surface area contributed by atoms with Gasteiger partial charge in [0.05, 0.1) is 5.56 Å². The molecule has 0 unspecified atom stereocenters. The Kier molecular flexibility index (Phi) is 4.38. The van der Waals surface area contributed by atoms with Crippen LogP contribution in [0.4, 0.5) is 5.69 Å². The second-order valence-electron chi connectivity index (χ2n) is 5.66. The van der Waals surface area contributed by atoms with Gasteiger partial charge in [-0.25, -0.2) is 0 Å². The Balaban J connectivity index is 1.49. The molecule has 0 saturated carbocycles. The van der Waals surface area contributed by atoms with Crippen molar-refractivity contribution in [2.45, 2.75) is 6.61 Å². The zero-order valence-corrected chi connectivity index (χ0v) is 13.8. The van der Waals surface area contributed by atoms with E-state index in [9.17, 15) is 4.79 Å². The quantitative estimate of drug-likeness (QED) is 0.762. The maximum atomic E-state index is 12.7. The summed E-state index contributed by atoms with van der Waals surface area (Å²) < 4.78 is 16.4. The van der Waals surface area contributed by atoms with E-state index in [2.05, 4.69) is 10.3 Å². The number of nitrogens with one attached hydrogen (secondary N) is 1. The van der Waals surface area contributed by atoms with Crippen molar-refractivity contribution in [3.05, 3.63) is 78.1 Å². The SMILES string of the molecule is O=C(Nc1ccc2c(c1)OCO2)c1ccccc1OCc1ccncc1. The van der Waals surface area contributed by atoms with E-state index in [-0.39, 0.29) is 12.7 Å². The van der Waals surface area contributed by atoms with Gasteiger partial charge in [0.15, 0.2) is 11.5 Å². The molecule has 0 aliphatic carbocycles. The summed E-state index contributed by atoms with van der Waals surface area (Å²) >= 11 is 0. The van der Waals surface area contributed by atoms with Crippen LogP contribution in [0.1, 0.15) is 15.9 Å². The predicted octanol–water partition coefficient (Wildman–Crippen LogP) is 3.64. The standard InChI is InChI=1S/C20H16N2O4/c23-20(22-15-5-6-18-19(11-15)26-13-25-18)16-3-1-2-4-17(16)24-12-14-7-9-21-10-8-14/h1-11H,12-13H2,(H,22,23). The number of nitrogens with zero attached hydrogens (tertiary/aromatic N) is 1. The minimum Gasteiger partial charge on any atom is -0.488 e. The summed E-state index contributed by atoms with van der Waals surface area (Å²) in [6.45, 7) is 0.551. The smallest absolute Gasteiger partial charge is 0.259 e. The number of para-hydroxylation sites is 1. The fourth-order valence-electron chi connectivity index (χ4n) is 2.59. The lowest BCUT2D eigenvalue weighted by Crippen LogP contribution is -2.13. The Labute approximate surface area is 150 Å². The molecule has 1 aliphatic heterocycles. The van der Waals surface area contributed by atoms with Crippen LogP contribution in [0.3, 0.4) is 0 Å². The molecule has 0 bridgehead atoms. The maximum absolute atomic E-state index is 12.7. The van der Waals surface area contributed by atoms with Crippen molar-refractivity contribution in [2.24, 2.45) is 0 Å². The highest BCUT2D eigenvalue weighted by Crippen LogP contribution is 2.34. The van der Waals surface area contributed by atoms with Crippen molar-refractivity contribution in [3.63, 3.8) is 0 Å². The number of pyridine rings is 1. The fourth-order valence-corrected chi connectivity index (χ4v) is 2.59. The fraction of sp³-hybridized carbons (Fsp3) is 0.100. The molecule has 2 heterocycles. The van der Waals surface area contributed by atoms with E-state index in [4.69, 9.17) is 14.2 Å². The largest absolute Gasteiger partial charge is 0.488 e. The van der Waals surface area contributed by atoms with Crippen molar-refractivity contribution >= 4 is 11.6 Å². The Hall–Kier alpha value is -3.54. The van der Waals surface area contributed by atoms with Crippen LogP contribution in [-0.2, 0) is 6.61 Å². The van der Waals surface area contributed by atoms with Crippen LogP contribution in [0.25, 0.3) is 0 Å². The summed E-state index contributed by atoms with van der Waals surface area (Å²) in [5.74, 6) is 1.55. The monoisotopic (exact) mass is 348 g/mol. The molecule has 6 nitrogen and oxygen atoms in total. The van der Waals surface area contributed by atoms with E-state index >= 15 is 0 Å². The number of aromatic nitrogens is 1. The molecule has 0 atom stereocenters. The Morgan fingerprint density at radius 3 is 2.73 bits per heavy atom. The zero-order valence-electron chi connectivity index (χ0n) is 13.8. The van der Waals surface area contributed by atoms with Crippen molar-refractivity contribution in [1.82, 2.24) is 4.98 Å². The molecule has 0 spiro atoms. The summed E-state index contributed by atoms with van der Waals surface area (Å²) in [5, 5.41) is 2.86. The molecule has 0 saturated heterocycles. The highest BCUT2D eigenvalue weighted by Gasteiger charge is 2.16. The first kappa shape index (κ1) is 16.0. The van der Waals surface area contributed by atoms with Crippen molar-refractivity contribution in [1.29, 1.82) is 0 Å². The van der Waals surface area contributed by atoms with Crippen LogP contribution in [0.2, 0.25) is 0 Å². The Morgan fingerprint density at radius 1 is 1.04 bits per heavy atom. The van der Waals surface area contributed by atoms with Crippen molar-refractivity contribution in [2.75, 3.05) is 12.1 Å². The van der Waals surface area contributed by atoms with Gasteiger partial charge in [0.2, 0.25) is 6.79 Å². The van der Waals surface area contributed by atoms with Crippen LogP contribution >= 0.6 is 0 Å². The van der Waals surface area contributed by atoms with Crippen molar-refractivity contribution in [3.8, 4) is 17.2 Å². The molecule has 6 heteroatoms. The third-order valence-electron chi connectivity index (χ3n) is 3.91. The molecule has 0 radical (unpaired) electrons. The molecule has 1 aliphatic rings. The molecule has 1 aromatic heterocycles. The van der Waals surface area contributed by atoms with Gasteiger partial charge >= 0.3 is 0 Å². The van der Waals surface area contributed by atoms with E-state index in [0.717, 1.165) is 5.56 Å². The average molecular weight is 348 g/mol. The number of rotatable bonds is 5. The summed E-state index contributed by atoms with van der Waals surface area (Å²) in [6, 6.07) is 16.1. The van der Waals surface area contributed by atoms with E-state index < -0.39 is 0 Å². The van der Waals surface area contributed by atoms with Crippen LogP contribution in [0.15, 0.2) is 67.0 Å². The van der Waals surface area contributed by atoms with Gasteiger partial charge in [-0.15, -0.1) is 0 Å². The van der Waals surface area contributed by atoms with Crippen LogP contribution < -0.4 is 19.5 Å². The number of benzene rings is 2. The zero-order chi connectivity index (χ0) is 17.8. The van der Waals surface area contributed by atoms with Gasteiger partial charge in [0.1, 0.15) is 12.4 Å². The molecule has 130 valence electrons. The molecule has 3 aromatic rings. The van der Waals surface area contributed by atoms with Gasteiger partial charge in [-0.2, -0.15) is 0 Å². The van der Waals surface area contributed by atoms with E-state index in [1.165, 1.54) is 0 Å². The number of hydrogen-bond donors (Lipinski definition) is 1. The third kappa shape index (κ3) is 3.44. The average Bonchev–Trinajstić information content (AvgIpc) is 3.15. The molecular formula is C20H16N2O4. The highest BCUT2D eigenvalue weighted by molar-refractivity contribution is 6.06. The first-order chi connectivity index (χ1) is 12.8. The number of carbonyl (C=O) groups excluding carboxylic acids is 1. The second-order valence-corrected chi connectivity index (χ2v) is 5.66. The Morgan fingerprint density at radius 2 is 1.85 bits per heavy atom. The minimum absolute atomic E-state index is 0.193. The van der Waals surface area contributed by atoms with Gasteiger partial charge in [-0.05, 0) is 42.0 Å². The van der Waals surface area contributed by atoms with E-state index in [1.54, 1.807) is 48.8 Å². The lowest BCUT2D eigenvalue weighted by atomic mass is 10.1. The summed E-state index contributed by atoms with van der Waals surface area (Å²) in [6.07, 6.45) is 3.41. The number of amides is 1. The molecular weight excluding hydrogens is 332 g/mol.